The second kappa shape index (κ2) is 6.20. The van der Waals surface area contributed by atoms with E-state index in [4.69, 9.17) is 0 Å². The maximum absolute atomic E-state index is 12.0. The lowest BCUT2D eigenvalue weighted by atomic mass is 10.1. The van der Waals surface area contributed by atoms with Gasteiger partial charge in [0.05, 0.1) is 0 Å². The number of rotatable bonds is 4. The average Bonchev–Trinajstić information content (AvgIpc) is 2.44. The first-order valence-electron chi connectivity index (χ1n) is 6.68. The fourth-order valence-electron chi connectivity index (χ4n) is 1.97. The Morgan fingerprint density at radius 3 is 2.35 bits per heavy atom. The Balaban J connectivity index is 2.11. The second-order valence-corrected chi connectivity index (χ2v) is 4.98. The van der Waals surface area contributed by atoms with Crippen molar-refractivity contribution >= 4 is 11.5 Å². The molecule has 102 valence electrons. The number of nitrogens with one attached hydrogen (secondary N) is 1. The monoisotopic (exact) mass is 265 g/mol. The fourth-order valence-corrected chi connectivity index (χ4v) is 1.97. The second-order valence-electron chi connectivity index (χ2n) is 4.98. The van der Waals surface area contributed by atoms with Crippen molar-refractivity contribution in [1.29, 1.82) is 0 Å². The summed E-state index contributed by atoms with van der Waals surface area (Å²) in [6.07, 6.45) is 1.63. The molecule has 0 aliphatic rings. The number of hydrogen-bond acceptors (Lipinski definition) is 2. The van der Waals surface area contributed by atoms with Crippen LogP contribution in [0.5, 0.6) is 0 Å². The molecule has 0 heterocycles. The molecule has 0 aliphatic carbocycles. The zero-order chi connectivity index (χ0) is 14.5. The van der Waals surface area contributed by atoms with Gasteiger partial charge in [-0.25, -0.2) is 0 Å². The molecule has 0 saturated carbocycles. The molecule has 2 aromatic carbocycles. The van der Waals surface area contributed by atoms with Gasteiger partial charge in [-0.05, 0) is 44.0 Å². The third-order valence-corrected chi connectivity index (χ3v) is 3.25. The quantitative estimate of drug-likeness (QED) is 0.651. The zero-order valence-electron chi connectivity index (χ0n) is 12.1. The summed E-state index contributed by atoms with van der Waals surface area (Å²) in [4.78, 5) is 12.0. The van der Waals surface area contributed by atoms with Crippen LogP contribution in [0.15, 0.2) is 60.3 Å². The topological polar surface area (TPSA) is 29.1 Å². The van der Waals surface area contributed by atoms with Gasteiger partial charge in [-0.2, -0.15) is 0 Å². The Kier molecular flexibility index (Phi) is 4.36. The van der Waals surface area contributed by atoms with Crippen molar-refractivity contribution < 1.29 is 4.79 Å². The van der Waals surface area contributed by atoms with E-state index in [2.05, 4.69) is 31.3 Å². The van der Waals surface area contributed by atoms with Crippen molar-refractivity contribution in [2.45, 2.75) is 20.8 Å². The van der Waals surface area contributed by atoms with E-state index in [0.717, 1.165) is 11.4 Å². The van der Waals surface area contributed by atoms with Crippen molar-refractivity contribution in [3.05, 3.63) is 77.0 Å². The molecule has 0 bridgehead atoms. The lowest BCUT2D eigenvalue weighted by Gasteiger charge is -2.09. The van der Waals surface area contributed by atoms with Crippen LogP contribution in [0.4, 0.5) is 5.69 Å². The van der Waals surface area contributed by atoms with Crippen molar-refractivity contribution in [1.82, 2.24) is 0 Å². The predicted molar refractivity (Wildman–Crippen MR) is 84.1 cm³/mol. The number of carbonyl (C=O) groups is 1. The molecule has 0 aromatic heterocycles. The number of anilines is 1. The Hall–Kier alpha value is -2.35. The fraction of sp³-hybridized carbons (Fsp3) is 0.167. The average molecular weight is 265 g/mol. The standard InChI is InChI=1S/C18H19NO/c1-13-9-10-17(11-14(13)2)19-15(3)12-18(20)16-7-5-4-6-8-16/h4-12,19H,1-3H3/b15-12-. The minimum Gasteiger partial charge on any atom is -0.359 e. The molecule has 0 unspecified atom stereocenters. The van der Waals surface area contributed by atoms with E-state index in [1.54, 1.807) is 6.08 Å². The van der Waals surface area contributed by atoms with Gasteiger partial charge in [-0.1, -0.05) is 36.4 Å². The van der Waals surface area contributed by atoms with Crippen LogP contribution in [0.1, 0.15) is 28.4 Å². The minimum absolute atomic E-state index is 0.0134. The van der Waals surface area contributed by atoms with Crippen molar-refractivity contribution in [2.24, 2.45) is 0 Å². The summed E-state index contributed by atoms with van der Waals surface area (Å²) in [7, 11) is 0. The summed E-state index contributed by atoms with van der Waals surface area (Å²) >= 11 is 0. The highest BCUT2D eigenvalue weighted by Crippen LogP contribution is 2.16. The van der Waals surface area contributed by atoms with E-state index in [0.29, 0.717) is 5.56 Å². The Bertz CT molecular complexity index is 642. The summed E-state index contributed by atoms with van der Waals surface area (Å²) in [5.41, 5.74) is 5.04. The maximum atomic E-state index is 12.0. The summed E-state index contributed by atoms with van der Waals surface area (Å²) in [5, 5.41) is 3.25. The lowest BCUT2D eigenvalue weighted by molar-refractivity contribution is 0.104. The van der Waals surface area contributed by atoms with Crippen LogP contribution in [-0.2, 0) is 0 Å². The molecule has 20 heavy (non-hydrogen) atoms. The Labute approximate surface area is 120 Å². The highest BCUT2D eigenvalue weighted by atomic mass is 16.1. The molecule has 0 spiro atoms. The number of aryl methyl sites for hydroxylation is 2. The molecule has 0 aliphatic heterocycles. The largest absolute Gasteiger partial charge is 0.359 e. The molecule has 0 amide bonds. The SMILES string of the molecule is C/C(=C/C(=O)c1ccccc1)Nc1ccc(C)c(C)c1. The van der Waals surface area contributed by atoms with Crippen molar-refractivity contribution in [3.63, 3.8) is 0 Å². The third-order valence-electron chi connectivity index (χ3n) is 3.25. The molecule has 2 heteroatoms. The minimum atomic E-state index is 0.0134. The Morgan fingerprint density at radius 2 is 1.70 bits per heavy atom. The molecular weight excluding hydrogens is 246 g/mol. The zero-order valence-corrected chi connectivity index (χ0v) is 12.1. The van der Waals surface area contributed by atoms with Gasteiger partial charge in [0.2, 0.25) is 0 Å². The summed E-state index contributed by atoms with van der Waals surface area (Å²) < 4.78 is 0. The van der Waals surface area contributed by atoms with Gasteiger partial charge in [0.15, 0.2) is 5.78 Å². The molecule has 0 saturated heterocycles. The highest BCUT2D eigenvalue weighted by Gasteiger charge is 2.02. The first kappa shape index (κ1) is 14.1. The van der Waals surface area contributed by atoms with Crippen LogP contribution in [0.3, 0.4) is 0 Å². The van der Waals surface area contributed by atoms with Crippen molar-refractivity contribution in [2.75, 3.05) is 5.32 Å². The summed E-state index contributed by atoms with van der Waals surface area (Å²) in [6.45, 7) is 6.06. The van der Waals surface area contributed by atoms with Crippen LogP contribution < -0.4 is 5.32 Å². The van der Waals surface area contributed by atoms with Crippen LogP contribution in [-0.4, -0.2) is 5.78 Å². The Morgan fingerprint density at radius 1 is 1.00 bits per heavy atom. The molecule has 0 atom stereocenters. The van der Waals surface area contributed by atoms with E-state index in [1.165, 1.54) is 11.1 Å². The molecule has 1 N–H and O–H groups in total. The molecule has 0 radical (unpaired) electrons. The number of hydrogen-bond donors (Lipinski definition) is 1. The smallest absolute Gasteiger partial charge is 0.187 e. The molecule has 2 aromatic rings. The van der Waals surface area contributed by atoms with Gasteiger partial charge in [0.25, 0.3) is 0 Å². The van der Waals surface area contributed by atoms with E-state index in [1.807, 2.05) is 43.3 Å². The van der Waals surface area contributed by atoms with E-state index < -0.39 is 0 Å². The normalized spacial score (nSPS) is 11.2. The van der Waals surface area contributed by atoms with Gasteiger partial charge >= 0.3 is 0 Å². The molecule has 2 rings (SSSR count). The van der Waals surface area contributed by atoms with Gasteiger partial charge in [-0.3, -0.25) is 4.79 Å². The van der Waals surface area contributed by atoms with Crippen molar-refractivity contribution in [3.8, 4) is 0 Å². The van der Waals surface area contributed by atoms with Gasteiger partial charge < -0.3 is 5.32 Å². The van der Waals surface area contributed by atoms with Crippen LogP contribution in [0.2, 0.25) is 0 Å². The van der Waals surface area contributed by atoms with E-state index in [-0.39, 0.29) is 5.78 Å². The molecule has 2 nitrogen and oxygen atoms in total. The van der Waals surface area contributed by atoms with Crippen LogP contribution in [0.25, 0.3) is 0 Å². The third kappa shape index (κ3) is 3.58. The first-order chi connectivity index (χ1) is 9.56. The maximum Gasteiger partial charge on any atom is 0.187 e. The lowest BCUT2D eigenvalue weighted by Crippen LogP contribution is -2.01. The molecular formula is C18H19NO. The van der Waals surface area contributed by atoms with Gasteiger partial charge in [0.1, 0.15) is 0 Å². The summed E-state index contributed by atoms with van der Waals surface area (Å²) in [6, 6.07) is 15.5. The summed E-state index contributed by atoms with van der Waals surface area (Å²) in [5.74, 6) is 0.0134. The highest BCUT2D eigenvalue weighted by molar-refractivity contribution is 6.05. The van der Waals surface area contributed by atoms with E-state index in [9.17, 15) is 4.79 Å². The number of allylic oxidation sites excluding steroid dienone is 2. The van der Waals surface area contributed by atoms with Crippen LogP contribution in [0, 0.1) is 13.8 Å². The van der Waals surface area contributed by atoms with E-state index >= 15 is 0 Å². The number of carbonyl (C=O) groups excluding carboxylic acids is 1. The molecule has 0 fully saturated rings. The number of ketones is 1. The van der Waals surface area contributed by atoms with Gasteiger partial charge in [0, 0.05) is 23.0 Å². The predicted octanol–water partition coefficient (Wildman–Crippen LogP) is 4.50. The first-order valence-corrected chi connectivity index (χ1v) is 6.68. The van der Waals surface area contributed by atoms with Crippen LogP contribution >= 0.6 is 0 Å². The van der Waals surface area contributed by atoms with Gasteiger partial charge in [-0.15, -0.1) is 0 Å². The number of benzene rings is 2.